The van der Waals surface area contributed by atoms with Gasteiger partial charge < -0.3 is 15.1 Å². The normalized spacial score (nSPS) is 15.0. The predicted molar refractivity (Wildman–Crippen MR) is 111 cm³/mol. The molecule has 144 valence electrons. The molecular weight excluding hydrogens is 354 g/mol. The number of amides is 1. The molecule has 1 amide bonds. The van der Waals surface area contributed by atoms with E-state index >= 15 is 0 Å². The number of carbonyl (C=O) groups excluding carboxylic acids is 1. The van der Waals surface area contributed by atoms with Crippen molar-refractivity contribution in [1.82, 2.24) is 14.7 Å². The quantitative estimate of drug-likeness (QED) is 0.751. The fourth-order valence-electron chi connectivity index (χ4n) is 3.40. The lowest BCUT2D eigenvalue weighted by atomic mass is 10.2. The van der Waals surface area contributed by atoms with Crippen LogP contribution in [-0.2, 0) is 11.3 Å². The van der Waals surface area contributed by atoms with E-state index in [1.54, 1.807) is 18.3 Å². The number of carbonyl (C=O) groups is 1. The van der Waals surface area contributed by atoms with Gasteiger partial charge in [-0.2, -0.15) is 5.10 Å². The van der Waals surface area contributed by atoms with Crippen molar-refractivity contribution >= 4 is 28.1 Å². The zero-order valence-electron chi connectivity index (χ0n) is 15.8. The zero-order valence-corrected chi connectivity index (χ0v) is 15.8. The van der Waals surface area contributed by atoms with Gasteiger partial charge in [0, 0.05) is 42.9 Å². The van der Waals surface area contributed by atoms with Gasteiger partial charge in [-0.3, -0.25) is 9.59 Å². The van der Waals surface area contributed by atoms with Crippen LogP contribution in [0, 0.1) is 0 Å². The molecule has 0 radical (unpaired) electrons. The van der Waals surface area contributed by atoms with Gasteiger partial charge in [0.1, 0.15) is 6.54 Å². The highest BCUT2D eigenvalue weighted by Crippen LogP contribution is 2.19. The summed E-state index contributed by atoms with van der Waals surface area (Å²) in [4.78, 5) is 29.5. The Bertz CT molecular complexity index is 1040. The molecule has 0 saturated carbocycles. The van der Waals surface area contributed by atoms with Crippen molar-refractivity contribution in [3.05, 3.63) is 65.1 Å². The minimum absolute atomic E-state index is 0.121. The van der Waals surface area contributed by atoms with Crippen LogP contribution in [0.2, 0.25) is 0 Å². The Balaban J connectivity index is 1.41. The number of hydrogen-bond acceptors (Lipinski definition) is 5. The molecule has 7 nitrogen and oxygen atoms in total. The highest BCUT2D eigenvalue weighted by Gasteiger charge is 2.14. The number of likely N-dealkylation sites (N-methyl/N-ethyl adjacent to an activating group) is 1. The molecule has 1 saturated heterocycles. The van der Waals surface area contributed by atoms with E-state index in [2.05, 4.69) is 27.3 Å². The number of fused-ring (bicyclic) bond motifs is 1. The molecular formula is C21H23N5O2. The molecule has 7 heteroatoms. The Morgan fingerprint density at radius 1 is 1.04 bits per heavy atom. The van der Waals surface area contributed by atoms with Crippen LogP contribution in [0.4, 0.5) is 11.4 Å². The molecule has 1 aliphatic heterocycles. The summed E-state index contributed by atoms with van der Waals surface area (Å²) in [7, 11) is 2.13. The lowest BCUT2D eigenvalue weighted by molar-refractivity contribution is -0.117. The Morgan fingerprint density at radius 2 is 1.75 bits per heavy atom. The van der Waals surface area contributed by atoms with Gasteiger partial charge in [-0.25, -0.2) is 4.68 Å². The number of benzene rings is 2. The fraction of sp³-hybridized carbons (Fsp3) is 0.286. The maximum absolute atomic E-state index is 12.5. The van der Waals surface area contributed by atoms with Crippen LogP contribution < -0.4 is 15.8 Å². The largest absolute Gasteiger partial charge is 0.369 e. The van der Waals surface area contributed by atoms with E-state index in [-0.39, 0.29) is 18.0 Å². The number of hydrogen-bond donors (Lipinski definition) is 1. The van der Waals surface area contributed by atoms with E-state index in [1.807, 2.05) is 36.4 Å². The highest BCUT2D eigenvalue weighted by atomic mass is 16.2. The van der Waals surface area contributed by atoms with Gasteiger partial charge in [-0.1, -0.05) is 18.2 Å². The van der Waals surface area contributed by atoms with Gasteiger partial charge in [0.2, 0.25) is 5.91 Å². The van der Waals surface area contributed by atoms with Gasteiger partial charge >= 0.3 is 0 Å². The summed E-state index contributed by atoms with van der Waals surface area (Å²) in [6.45, 7) is 3.97. The molecule has 0 unspecified atom stereocenters. The van der Waals surface area contributed by atoms with Crippen molar-refractivity contribution in [2.24, 2.45) is 0 Å². The third-order valence-electron chi connectivity index (χ3n) is 5.07. The van der Waals surface area contributed by atoms with E-state index in [0.29, 0.717) is 11.1 Å². The van der Waals surface area contributed by atoms with Crippen LogP contribution in [0.3, 0.4) is 0 Å². The topological polar surface area (TPSA) is 70.5 Å². The van der Waals surface area contributed by atoms with Crippen LogP contribution in [0.5, 0.6) is 0 Å². The third kappa shape index (κ3) is 3.89. The average molecular weight is 377 g/mol. The first-order valence-corrected chi connectivity index (χ1v) is 9.38. The molecule has 2 heterocycles. The summed E-state index contributed by atoms with van der Waals surface area (Å²) < 4.78 is 1.19. The zero-order chi connectivity index (χ0) is 19.5. The van der Waals surface area contributed by atoms with Crippen LogP contribution >= 0.6 is 0 Å². The molecule has 0 spiro atoms. The maximum Gasteiger partial charge on any atom is 0.275 e. The molecule has 2 aromatic carbocycles. The molecule has 1 aromatic heterocycles. The van der Waals surface area contributed by atoms with Crippen molar-refractivity contribution in [2.45, 2.75) is 6.54 Å². The number of aromatic nitrogens is 2. The molecule has 1 fully saturated rings. The number of piperazine rings is 1. The van der Waals surface area contributed by atoms with Crippen LogP contribution in [-0.4, -0.2) is 53.8 Å². The molecule has 0 atom stereocenters. The van der Waals surface area contributed by atoms with Crippen LogP contribution in [0.15, 0.2) is 59.5 Å². The summed E-state index contributed by atoms with van der Waals surface area (Å²) >= 11 is 0. The van der Waals surface area contributed by atoms with Gasteiger partial charge in [-0.15, -0.1) is 0 Å². The van der Waals surface area contributed by atoms with Crippen molar-refractivity contribution in [1.29, 1.82) is 0 Å². The van der Waals surface area contributed by atoms with Gasteiger partial charge in [-0.05, 0) is 37.4 Å². The first-order valence-electron chi connectivity index (χ1n) is 9.38. The first-order chi connectivity index (χ1) is 13.6. The summed E-state index contributed by atoms with van der Waals surface area (Å²) in [5, 5.41) is 8.26. The number of nitrogens with one attached hydrogen (secondary N) is 1. The maximum atomic E-state index is 12.5. The first kappa shape index (κ1) is 18.2. The Morgan fingerprint density at radius 3 is 2.50 bits per heavy atom. The van der Waals surface area contributed by atoms with Crippen molar-refractivity contribution in [2.75, 3.05) is 43.4 Å². The van der Waals surface area contributed by atoms with Gasteiger partial charge in [0.05, 0.1) is 11.6 Å². The molecule has 1 aliphatic rings. The number of nitrogens with zero attached hydrogens (tertiary/aromatic N) is 4. The Kier molecular flexibility index (Phi) is 5.08. The summed E-state index contributed by atoms with van der Waals surface area (Å²) in [5.74, 6) is -0.280. The second-order valence-corrected chi connectivity index (χ2v) is 7.08. The molecule has 1 N–H and O–H groups in total. The fourth-order valence-corrected chi connectivity index (χ4v) is 3.40. The van der Waals surface area contributed by atoms with E-state index in [9.17, 15) is 9.59 Å². The highest BCUT2D eigenvalue weighted by molar-refractivity contribution is 5.91. The Hall–Kier alpha value is -3.19. The predicted octanol–water partition coefficient (Wildman–Crippen LogP) is 1.79. The minimum atomic E-state index is -0.280. The third-order valence-corrected chi connectivity index (χ3v) is 5.07. The van der Waals surface area contributed by atoms with Gasteiger partial charge in [0.25, 0.3) is 5.56 Å². The number of anilines is 2. The molecule has 4 rings (SSSR count). The van der Waals surface area contributed by atoms with E-state index in [4.69, 9.17) is 0 Å². The number of rotatable bonds is 4. The van der Waals surface area contributed by atoms with Crippen molar-refractivity contribution in [3.63, 3.8) is 0 Å². The molecule has 28 heavy (non-hydrogen) atoms. The smallest absolute Gasteiger partial charge is 0.275 e. The van der Waals surface area contributed by atoms with Gasteiger partial charge in [0.15, 0.2) is 0 Å². The van der Waals surface area contributed by atoms with E-state index < -0.39 is 0 Å². The van der Waals surface area contributed by atoms with E-state index in [0.717, 1.165) is 37.3 Å². The SMILES string of the molecule is CN1CCN(c2ccc(NC(=O)Cn3ncc4ccccc4c3=O)cc2)CC1. The molecule has 0 aliphatic carbocycles. The average Bonchev–Trinajstić information content (AvgIpc) is 2.71. The van der Waals surface area contributed by atoms with Crippen molar-refractivity contribution in [3.8, 4) is 0 Å². The standard InChI is InChI=1S/C21H23N5O2/c1-24-10-12-25(13-11-24)18-8-6-17(7-9-18)23-20(27)15-26-21(28)19-5-3-2-4-16(19)14-22-26/h2-9,14H,10-13,15H2,1H3,(H,23,27). The monoisotopic (exact) mass is 377 g/mol. The summed E-state index contributed by atoms with van der Waals surface area (Å²) in [5.41, 5.74) is 1.59. The Labute approximate surface area is 163 Å². The van der Waals surface area contributed by atoms with Crippen LogP contribution in [0.25, 0.3) is 10.8 Å². The second kappa shape index (κ2) is 7.82. The van der Waals surface area contributed by atoms with Crippen LogP contribution in [0.1, 0.15) is 0 Å². The lowest BCUT2D eigenvalue weighted by Gasteiger charge is -2.34. The van der Waals surface area contributed by atoms with Crippen molar-refractivity contribution < 1.29 is 4.79 Å². The minimum Gasteiger partial charge on any atom is -0.369 e. The molecule has 3 aromatic rings. The summed E-state index contributed by atoms with van der Waals surface area (Å²) in [6, 6.07) is 15.0. The summed E-state index contributed by atoms with van der Waals surface area (Å²) in [6.07, 6.45) is 1.61. The van der Waals surface area contributed by atoms with E-state index in [1.165, 1.54) is 4.68 Å². The molecule has 0 bridgehead atoms. The second-order valence-electron chi connectivity index (χ2n) is 7.08. The lowest BCUT2D eigenvalue weighted by Crippen LogP contribution is -2.44.